The minimum absolute atomic E-state index is 0.00898. The summed E-state index contributed by atoms with van der Waals surface area (Å²) in [5.74, 6) is 0.447. The minimum Gasteiger partial charge on any atom is -0.352 e. The molecule has 1 unspecified atom stereocenters. The van der Waals surface area contributed by atoms with E-state index in [0.717, 1.165) is 18.7 Å². The Hall–Kier alpha value is -1.12. The average molecular weight is 136 g/mol. The zero-order chi connectivity index (χ0) is 6.97. The van der Waals surface area contributed by atoms with E-state index in [1.165, 1.54) is 0 Å². The van der Waals surface area contributed by atoms with Crippen LogP contribution in [0.25, 0.3) is 0 Å². The molecule has 0 aromatic carbocycles. The van der Waals surface area contributed by atoms with E-state index in [2.05, 4.69) is 10.3 Å². The lowest BCUT2D eigenvalue weighted by Gasteiger charge is -2.15. The number of hydrogen-bond acceptors (Lipinski definition) is 2. The number of fused-ring (bicyclic) bond motifs is 1. The Kier molecular flexibility index (Phi) is 1.09. The summed E-state index contributed by atoms with van der Waals surface area (Å²) >= 11 is 0. The molecule has 0 spiro atoms. The molecule has 0 radical (unpaired) electrons. The highest BCUT2D eigenvalue weighted by Gasteiger charge is 2.22. The van der Waals surface area contributed by atoms with Crippen molar-refractivity contribution in [1.82, 2.24) is 5.32 Å². The summed E-state index contributed by atoms with van der Waals surface area (Å²) in [6, 6.07) is 0. The van der Waals surface area contributed by atoms with E-state index in [9.17, 15) is 4.79 Å². The van der Waals surface area contributed by atoms with Crippen LogP contribution in [0.15, 0.2) is 16.8 Å². The predicted octanol–water partition coefficient (Wildman–Crippen LogP) is 0.0908. The molecule has 1 amide bonds. The quantitative estimate of drug-likeness (QED) is 0.504. The standard InChI is InChI=1S/C7H8N2O/c10-7-3-6-5(4-9-7)1-2-8-6/h2-3,5H,1,4H2,(H,9,10). The van der Waals surface area contributed by atoms with Crippen LogP contribution in [0.1, 0.15) is 6.42 Å². The smallest absolute Gasteiger partial charge is 0.245 e. The van der Waals surface area contributed by atoms with E-state index in [1.807, 2.05) is 6.21 Å². The van der Waals surface area contributed by atoms with Gasteiger partial charge in [-0.1, -0.05) is 0 Å². The normalized spacial score (nSPS) is 29.4. The number of aliphatic imine (C=N–C) groups is 1. The van der Waals surface area contributed by atoms with Gasteiger partial charge in [0.25, 0.3) is 0 Å². The van der Waals surface area contributed by atoms with Crippen LogP contribution in [-0.4, -0.2) is 18.7 Å². The van der Waals surface area contributed by atoms with Gasteiger partial charge in [-0.2, -0.15) is 0 Å². The van der Waals surface area contributed by atoms with Gasteiger partial charge < -0.3 is 5.32 Å². The van der Waals surface area contributed by atoms with Crippen LogP contribution >= 0.6 is 0 Å². The van der Waals surface area contributed by atoms with Gasteiger partial charge in [-0.25, -0.2) is 0 Å². The van der Waals surface area contributed by atoms with Crippen LogP contribution in [0.4, 0.5) is 0 Å². The topological polar surface area (TPSA) is 41.5 Å². The number of carbonyl (C=O) groups excluding carboxylic acids is 1. The molecule has 0 bridgehead atoms. The van der Waals surface area contributed by atoms with E-state index < -0.39 is 0 Å². The molecule has 52 valence electrons. The van der Waals surface area contributed by atoms with Crippen molar-refractivity contribution in [3.05, 3.63) is 11.8 Å². The third-order valence-corrected chi connectivity index (χ3v) is 1.85. The van der Waals surface area contributed by atoms with Crippen molar-refractivity contribution < 1.29 is 4.79 Å². The van der Waals surface area contributed by atoms with Crippen molar-refractivity contribution in [2.45, 2.75) is 6.42 Å². The molecule has 0 fully saturated rings. The summed E-state index contributed by atoms with van der Waals surface area (Å²) in [6.45, 7) is 0.755. The lowest BCUT2D eigenvalue weighted by atomic mass is 10.0. The summed E-state index contributed by atoms with van der Waals surface area (Å²) in [4.78, 5) is 14.8. The van der Waals surface area contributed by atoms with Crippen molar-refractivity contribution in [3.8, 4) is 0 Å². The van der Waals surface area contributed by atoms with E-state index in [-0.39, 0.29) is 5.91 Å². The van der Waals surface area contributed by atoms with Gasteiger partial charge in [-0.15, -0.1) is 0 Å². The molecular formula is C7H8N2O. The fourth-order valence-electron chi connectivity index (χ4n) is 1.26. The second kappa shape index (κ2) is 1.94. The van der Waals surface area contributed by atoms with Gasteiger partial charge in [0.2, 0.25) is 5.91 Å². The number of amides is 1. The second-order valence-electron chi connectivity index (χ2n) is 2.56. The molecular weight excluding hydrogens is 128 g/mol. The highest BCUT2D eigenvalue weighted by atomic mass is 16.1. The van der Waals surface area contributed by atoms with Crippen molar-refractivity contribution in [2.75, 3.05) is 6.54 Å². The van der Waals surface area contributed by atoms with Gasteiger partial charge in [0.1, 0.15) is 0 Å². The molecule has 3 nitrogen and oxygen atoms in total. The molecule has 3 heteroatoms. The molecule has 0 aliphatic carbocycles. The lowest BCUT2D eigenvalue weighted by molar-refractivity contribution is -0.117. The van der Waals surface area contributed by atoms with Gasteiger partial charge in [0.15, 0.2) is 0 Å². The summed E-state index contributed by atoms with van der Waals surface area (Å²) in [5, 5.41) is 2.76. The number of nitrogens with zero attached hydrogens (tertiary/aromatic N) is 1. The molecule has 0 aromatic heterocycles. The summed E-state index contributed by atoms with van der Waals surface area (Å²) in [7, 11) is 0. The first-order valence-corrected chi connectivity index (χ1v) is 3.38. The van der Waals surface area contributed by atoms with Crippen LogP contribution in [0, 0.1) is 5.92 Å². The molecule has 2 rings (SSSR count). The van der Waals surface area contributed by atoms with Crippen molar-refractivity contribution in [1.29, 1.82) is 0 Å². The number of rotatable bonds is 0. The van der Waals surface area contributed by atoms with Crippen LogP contribution in [0.3, 0.4) is 0 Å². The molecule has 2 aliphatic heterocycles. The van der Waals surface area contributed by atoms with Gasteiger partial charge in [-0.05, 0) is 6.42 Å². The van der Waals surface area contributed by atoms with Crippen molar-refractivity contribution in [3.63, 3.8) is 0 Å². The summed E-state index contributed by atoms with van der Waals surface area (Å²) in [5.41, 5.74) is 0.948. The molecule has 1 N–H and O–H groups in total. The Morgan fingerprint density at radius 1 is 1.70 bits per heavy atom. The summed E-state index contributed by atoms with van der Waals surface area (Å²) in [6.07, 6.45) is 4.43. The van der Waals surface area contributed by atoms with Crippen LogP contribution in [0.2, 0.25) is 0 Å². The van der Waals surface area contributed by atoms with Crippen LogP contribution < -0.4 is 5.32 Å². The van der Waals surface area contributed by atoms with E-state index in [1.54, 1.807) is 6.08 Å². The molecule has 10 heavy (non-hydrogen) atoms. The van der Waals surface area contributed by atoms with Gasteiger partial charge in [-0.3, -0.25) is 9.79 Å². The summed E-state index contributed by atoms with van der Waals surface area (Å²) < 4.78 is 0. The van der Waals surface area contributed by atoms with Crippen LogP contribution in [0.5, 0.6) is 0 Å². The zero-order valence-corrected chi connectivity index (χ0v) is 5.50. The number of carbonyl (C=O) groups is 1. The molecule has 0 aromatic rings. The first-order chi connectivity index (χ1) is 4.86. The Bertz CT molecular complexity index is 230. The third kappa shape index (κ3) is 0.744. The fraction of sp³-hybridized carbons (Fsp3) is 0.429. The number of nitrogens with one attached hydrogen (secondary N) is 1. The fourth-order valence-corrected chi connectivity index (χ4v) is 1.26. The van der Waals surface area contributed by atoms with Crippen LogP contribution in [-0.2, 0) is 4.79 Å². The van der Waals surface area contributed by atoms with E-state index in [0.29, 0.717) is 5.92 Å². The lowest BCUT2D eigenvalue weighted by Crippen LogP contribution is -2.32. The maximum atomic E-state index is 10.7. The Morgan fingerprint density at radius 2 is 2.60 bits per heavy atom. The Balaban J connectivity index is 2.30. The Labute approximate surface area is 58.8 Å². The molecule has 1 atom stereocenters. The number of hydrogen-bond donors (Lipinski definition) is 1. The largest absolute Gasteiger partial charge is 0.352 e. The highest BCUT2D eigenvalue weighted by molar-refractivity contribution is 5.90. The second-order valence-corrected chi connectivity index (χ2v) is 2.56. The SMILES string of the molecule is O=C1C=C2N=CCC2CN1. The van der Waals surface area contributed by atoms with Crippen molar-refractivity contribution in [2.24, 2.45) is 10.9 Å². The first-order valence-electron chi connectivity index (χ1n) is 3.38. The van der Waals surface area contributed by atoms with Crippen molar-refractivity contribution >= 4 is 12.1 Å². The minimum atomic E-state index is -0.00898. The van der Waals surface area contributed by atoms with Gasteiger partial charge in [0, 0.05) is 24.8 Å². The predicted molar refractivity (Wildman–Crippen MR) is 37.7 cm³/mol. The van der Waals surface area contributed by atoms with E-state index >= 15 is 0 Å². The monoisotopic (exact) mass is 136 g/mol. The Morgan fingerprint density at radius 3 is 3.50 bits per heavy atom. The molecule has 0 saturated carbocycles. The van der Waals surface area contributed by atoms with E-state index in [4.69, 9.17) is 0 Å². The zero-order valence-electron chi connectivity index (χ0n) is 5.50. The molecule has 2 aliphatic rings. The van der Waals surface area contributed by atoms with Gasteiger partial charge >= 0.3 is 0 Å². The van der Waals surface area contributed by atoms with Gasteiger partial charge in [0.05, 0.1) is 5.70 Å². The molecule has 0 saturated heterocycles. The average Bonchev–Trinajstić information content (AvgIpc) is 2.33. The maximum Gasteiger partial charge on any atom is 0.245 e. The maximum absolute atomic E-state index is 10.7. The third-order valence-electron chi connectivity index (χ3n) is 1.85. The molecule has 2 heterocycles. The highest BCUT2D eigenvalue weighted by Crippen LogP contribution is 2.22. The first kappa shape index (κ1) is 5.65.